The van der Waals surface area contributed by atoms with Crippen molar-refractivity contribution in [3.05, 3.63) is 50.9 Å². The van der Waals surface area contributed by atoms with E-state index in [9.17, 15) is 0 Å². The number of nitrogens with zero attached hydrogens (tertiary/aromatic N) is 1. The Morgan fingerprint density at radius 2 is 1.82 bits per heavy atom. The van der Waals surface area contributed by atoms with Gasteiger partial charge in [0.05, 0.1) is 10.7 Å². The van der Waals surface area contributed by atoms with Crippen LogP contribution >= 0.6 is 22.9 Å². The minimum Gasteiger partial charge on any atom is -0.245 e. The fraction of sp³-hybridized carbons (Fsp3) is 0.357. The van der Waals surface area contributed by atoms with Gasteiger partial charge in [-0.15, -0.1) is 11.3 Å². The largest absolute Gasteiger partial charge is 0.245 e. The van der Waals surface area contributed by atoms with Gasteiger partial charge in [0, 0.05) is 22.2 Å². The molecule has 2 rings (SSSR count). The fourth-order valence-electron chi connectivity index (χ4n) is 1.51. The number of benzene rings is 1. The summed E-state index contributed by atoms with van der Waals surface area (Å²) in [5.74, 6) is 0. The van der Waals surface area contributed by atoms with Crippen molar-refractivity contribution in [3.63, 3.8) is 0 Å². The van der Waals surface area contributed by atoms with Crippen LogP contribution in [0.4, 0.5) is 0 Å². The summed E-state index contributed by atoms with van der Waals surface area (Å²) >= 11 is 7.60. The highest BCUT2D eigenvalue weighted by molar-refractivity contribution is 7.09. The van der Waals surface area contributed by atoms with Gasteiger partial charge >= 0.3 is 0 Å². The highest BCUT2D eigenvalue weighted by Gasteiger charge is 2.17. The molecule has 0 aliphatic rings. The zero-order valence-electron chi connectivity index (χ0n) is 10.3. The minimum atomic E-state index is 0.134. The monoisotopic (exact) mass is 265 g/mol. The molecule has 0 N–H and O–H groups in total. The number of rotatable bonds is 2. The molecular formula is C14H16ClNS. The van der Waals surface area contributed by atoms with Gasteiger partial charge in [-0.3, -0.25) is 0 Å². The van der Waals surface area contributed by atoms with E-state index >= 15 is 0 Å². The van der Waals surface area contributed by atoms with Crippen molar-refractivity contribution in [3.8, 4) is 0 Å². The molecule has 0 atom stereocenters. The standard InChI is InChI=1S/C14H16ClNS/c1-14(2,3)12-9-17-13(16-12)8-10-4-6-11(15)7-5-10/h4-7,9H,8H2,1-3H3. The van der Waals surface area contributed by atoms with Crippen molar-refractivity contribution in [2.75, 3.05) is 0 Å². The summed E-state index contributed by atoms with van der Waals surface area (Å²) < 4.78 is 0. The lowest BCUT2D eigenvalue weighted by molar-refractivity contribution is 0.571. The van der Waals surface area contributed by atoms with Gasteiger partial charge in [-0.2, -0.15) is 0 Å². The van der Waals surface area contributed by atoms with E-state index in [1.54, 1.807) is 11.3 Å². The van der Waals surface area contributed by atoms with Gasteiger partial charge in [0.15, 0.2) is 0 Å². The van der Waals surface area contributed by atoms with E-state index < -0.39 is 0 Å². The highest BCUT2D eigenvalue weighted by atomic mass is 35.5. The van der Waals surface area contributed by atoms with Gasteiger partial charge in [-0.25, -0.2) is 4.98 Å². The Labute approximate surface area is 111 Å². The third-order valence-corrected chi connectivity index (χ3v) is 3.69. The Kier molecular flexibility index (Phi) is 3.55. The molecule has 0 amide bonds. The molecule has 1 aromatic carbocycles. The van der Waals surface area contributed by atoms with Crippen LogP contribution in [0, 0.1) is 0 Å². The lowest BCUT2D eigenvalue weighted by Crippen LogP contribution is -2.11. The van der Waals surface area contributed by atoms with Crippen LogP contribution < -0.4 is 0 Å². The first-order valence-corrected chi connectivity index (χ1v) is 6.90. The number of halogens is 1. The molecule has 0 saturated heterocycles. The third-order valence-electron chi connectivity index (χ3n) is 2.59. The predicted molar refractivity (Wildman–Crippen MR) is 75.1 cm³/mol. The van der Waals surface area contributed by atoms with E-state index in [-0.39, 0.29) is 5.41 Å². The molecule has 2 aromatic rings. The third kappa shape index (κ3) is 3.30. The first-order chi connectivity index (χ1) is 7.95. The van der Waals surface area contributed by atoms with Crippen molar-refractivity contribution in [1.82, 2.24) is 4.98 Å². The molecule has 0 aliphatic carbocycles. The van der Waals surface area contributed by atoms with Crippen LogP contribution in [0.1, 0.15) is 37.0 Å². The zero-order valence-corrected chi connectivity index (χ0v) is 11.9. The second kappa shape index (κ2) is 4.79. The molecule has 0 saturated carbocycles. The Morgan fingerprint density at radius 3 is 2.35 bits per heavy atom. The van der Waals surface area contributed by atoms with E-state index in [0.29, 0.717) is 0 Å². The molecule has 90 valence electrons. The quantitative estimate of drug-likeness (QED) is 0.768. The topological polar surface area (TPSA) is 12.9 Å². The summed E-state index contributed by atoms with van der Waals surface area (Å²) in [6, 6.07) is 7.96. The zero-order chi connectivity index (χ0) is 12.5. The van der Waals surface area contributed by atoms with E-state index in [2.05, 4.69) is 43.3 Å². The normalized spacial score (nSPS) is 11.8. The molecule has 1 heterocycles. The second-order valence-electron chi connectivity index (χ2n) is 5.18. The summed E-state index contributed by atoms with van der Waals surface area (Å²) in [6.07, 6.45) is 0.887. The molecule has 0 unspecified atom stereocenters. The summed E-state index contributed by atoms with van der Waals surface area (Å²) in [5.41, 5.74) is 2.56. The highest BCUT2D eigenvalue weighted by Crippen LogP contribution is 2.25. The summed E-state index contributed by atoms with van der Waals surface area (Å²) in [4.78, 5) is 4.68. The van der Waals surface area contributed by atoms with Crippen LogP contribution in [-0.4, -0.2) is 4.98 Å². The van der Waals surface area contributed by atoms with Gasteiger partial charge in [0.25, 0.3) is 0 Å². The van der Waals surface area contributed by atoms with Crippen LogP contribution in [0.15, 0.2) is 29.6 Å². The maximum absolute atomic E-state index is 5.87. The summed E-state index contributed by atoms with van der Waals surface area (Å²) in [7, 11) is 0. The van der Waals surface area contributed by atoms with Gasteiger partial charge in [-0.05, 0) is 17.7 Å². The molecule has 0 aliphatic heterocycles. The lowest BCUT2D eigenvalue weighted by Gasteiger charge is -2.14. The van der Waals surface area contributed by atoms with E-state index in [1.165, 1.54) is 11.3 Å². The SMILES string of the molecule is CC(C)(C)c1csc(Cc2ccc(Cl)cc2)n1. The average Bonchev–Trinajstić information content (AvgIpc) is 2.69. The Morgan fingerprint density at radius 1 is 1.18 bits per heavy atom. The van der Waals surface area contributed by atoms with Crippen LogP contribution in [-0.2, 0) is 11.8 Å². The van der Waals surface area contributed by atoms with Gasteiger partial charge in [-0.1, -0.05) is 44.5 Å². The molecular weight excluding hydrogens is 250 g/mol. The molecule has 3 heteroatoms. The molecule has 0 fully saturated rings. The molecule has 17 heavy (non-hydrogen) atoms. The van der Waals surface area contributed by atoms with Crippen molar-refractivity contribution in [2.45, 2.75) is 32.6 Å². The van der Waals surface area contributed by atoms with Gasteiger partial charge < -0.3 is 0 Å². The van der Waals surface area contributed by atoms with Crippen molar-refractivity contribution < 1.29 is 0 Å². The Balaban J connectivity index is 2.14. The Bertz CT molecular complexity index is 494. The predicted octanol–water partition coefficient (Wildman–Crippen LogP) is 4.68. The summed E-state index contributed by atoms with van der Waals surface area (Å²) in [6.45, 7) is 6.57. The van der Waals surface area contributed by atoms with E-state index in [0.717, 1.165) is 16.5 Å². The first-order valence-electron chi connectivity index (χ1n) is 5.64. The molecule has 1 nitrogen and oxygen atoms in total. The molecule has 1 aromatic heterocycles. The lowest BCUT2D eigenvalue weighted by atomic mass is 9.93. The van der Waals surface area contributed by atoms with Crippen LogP contribution in [0.3, 0.4) is 0 Å². The minimum absolute atomic E-state index is 0.134. The van der Waals surface area contributed by atoms with Crippen molar-refractivity contribution >= 4 is 22.9 Å². The molecule has 0 bridgehead atoms. The average molecular weight is 266 g/mol. The Hall–Kier alpha value is -0.860. The second-order valence-corrected chi connectivity index (χ2v) is 6.56. The first kappa shape index (κ1) is 12.6. The fourth-order valence-corrected chi connectivity index (χ4v) is 2.69. The van der Waals surface area contributed by atoms with Crippen molar-refractivity contribution in [2.24, 2.45) is 0 Å². The number of thiazole rings is 1. The van der Waals surface area contributed by atoms with Crippen LogP contribution in [0.5, 0.6) is 0 Å². The molecule has 0 spiro atoms. The summed E-state index contributed by atoms with van der Waals surface area (Å²) in [5, 5.41) is 4.10. The van der Waals surface area contributed by atoms with Gasteiger partial charge in [0.1, 0.15) is 0 Å². The number of hydrogen-bond donors (Lipinski definition) is 0. The maximum atomic E-state index is 5.87. The number of hydrogen-bond acceptors (Lipinski definition) is 2. The molecule has 0 radical (unpaired) electrons. The maximum Gasteiger partial charge on any atom is 0.0972 e. The van der Waals surface area contributed by atoms with Crippen LogP contribution in [0.25, 0.3) is 0 Å². The van der Waals surface area contributed by atoms with E-state index in [4.69, 9.17) is 11.6 Å². The van der Waals surface area contributed by atoms with Gasteiger partial charge in [0.2, 0.25) is 0 Å². The number of aromatic nitrogens is 1. The van der Waals surface area contributed by atoms with Crippen molar-refractivity contribution in [1.29, 1.82) is 0 Å². The van der Waals surface area contributed by atoms with E-state index in [1.807, 2.05) is 12.1 Å². The smallest absolute Gasteiger partial charge is 0.0972 e. The van der Waals surface area contributed by atoms with Crippen LogP contribution in [0.2, 0.25) is 5.02 Å².